The van der Waals surface area contributed by atoms with Crippen LogP contribution in [0.5, 0.6) is 5.75 Å². The summed E-state index contributed by atoms with van der Waals surface area (Å²) in [4.78, 5) is 38.4. The second kappa shape index (κ2) is 8.98. The van der Waals surface area contributed by atoms with Crippen molar-refractivity contribution in [1.29, 1.82) is 0 Å². The van der Waals surface area contributed by atoms with Crippen LogP contribution in [-0.2, 0) is 16.8 Å². The first-order chi connectivity index (χ1) is 14.3. The quantitative estimate of drug-likeness (QED) is 0.587. The Bertz CT molecular complexity index is 1140. The standard InChI is InChI=1S/C23H27N3O4/c1-23(2,3)16-8-10-17(11-9-16)30-15-13-24-20(27)12-14-26-19-7-5-4-6-18(19)21(28)25-22(26)29/h4-11H,12-15H2,1-3H3,(H,24,27)(H,25,28,29). The van der Waals surface area contributed by atoms with Gasteiger partial charge in [0.15, 0.2) is 0 Å². The SMILES string of the molecule is CC(C)(C)c1ccc(OCCNC(=O)CCn2c(=O)[nH]c(=O)c3ccccc32)cc1. The Morgan fingerprint density at radius 3 is 2.47 bits per heavy atom. The van der Waals surface area contributed by atoms with E-state index in [4.69, 9.17) is 4.74 Å². The fourth-order valence-corrected chi connectivity index (χ4v) is 3.18. The van der Waals surface area contributed by atoms with Crippen LogP contribution in [0.4, 0.5) is 0 Å². The minimum Gasteiger partial charge on any atom is -0.492 e. The van der Waals surface area contributed by atoms with Crippen molar-refractivity contribution in [3.05, 3.63) is 74.9 Å². The highest BCUT2D eigenvalue weighted by atomic mass is 16.5. The minimum atomic E-state index is -0.520. The average Bonchev–Trinajstić information content (AvgIpc) is 2.71. The van der Waals surface area contributed by atoms with Gasteiger partial charge in [-0.05, 0) is 35.2 Å². The maximum Gasteiger partial charge on any atom is 0.328 e. The van der Waals surface area contributed by atoms with Gasteiger partial charge in [0, 0.05) is 13.0 Å². The van der Waals surface area contributed by atoms with Gasteiger partial charge in [-0.15, -0.1) is 0 Å². The third-order valence-corrected chi connectivity index (χ3v) is 4.88. The highest BCUT2D eigenvalue weighted by molar-refractivity contribution is 5.78. The van der Waals surface area contributed by atoms with Crippen LogP contribution >= 0.6 is 0 Å². The first-order valence-electron chi connectivity index (χ1n) is 9.97. The summed E-state index contributed by atoms with van der Waals surface area (Å²) in [6, 6.07) is 14.8. The number of fused-ring (bicyclic) bond motifs is 1. The summed E-state index contributed by atoms with van der Waals surface area (Å²) in [5, 5.41) is 3.21. The lowest BCUT2D eigenvalue weighted by Crippen LogP contribution is -2.33. The topological polar surface area (TPSA) is 93.2 Å². The first-order valence-corrected chi connectivity index (χ1v) is 9.97. The normalized spacial score (nSPS) is 11.4. The average molecular weight is 409 g/mol. The zero-order chi connectivity index (χ0) is 21.7. The molecule has 3 aromatic rings. The number of aromatic amines is 1. The van der Waals surface area contributed by atoms with E-state index in [1.807, 2.05) is 24.3 Å². The molecule has 2 aromatic carbocycles. The summed E-state index contributed by atoms with van der Waals surface area (Å²) in [5.41, 5.74) is 0.887. The lowest BCUT2D eigenvalue weighted by Gasteiger charge is -2.19. The molecule has 0 saturated carbocycles. The number of carbonyl (C=O) groups excluding carboxylic acids is 1. The van der Waals surface area contributed by atoms with Crippen molar-refractivity contribution >= 4 is 16.8 Å². The number of ether oxygens (including phenoxy) is 1. The molecule has 0 unspecified atom stereocenters. The summed E-state index contributed by atoms with van der Waals surface area (Å²) in [6.07, 6.45) is 0.121. The van der Waals surface area contributed by atoms with Gasteiger partial charge in [0.2, 0.25) is 5.91 Å². The molecule has 3 rings (SSSR count). The number of hydrogen-bond acceptors (Lipinski definition) is 4. The van der Waals surface area contributed by atoms with E-state index in [1.165, 1.54) is 10.1 Å². The molecule has 0 aliphatic carbocycles. The van der Waals surface area contributed by atoms with Crippen LogP contribution < -0.4 is 21.3 Å². The van der Waals surface area contributed by atoms with Crippen LogP contribution in [0, 0.1) is 0 Å². The highest BCUT2D eigenvalue weighted by Gasteiger charge is 2.13. The lowest BCUT2D eigenvalue weighted by molar-refractivity contribution is -0.121. The molecule has 0 fully saturated rings. The molecule has 7 heteroatoms. The van der Waals surface area contributed by atoms with Crippen molar-refractivity contribution < 1.29 is 9.53 Å². The van der Waals surface area contributed by atoms with Crippen molar-refractivity contribution in [1.82, 2.24) is 14.9 Å². The fourth-order valence-electron chi connectivity index (χ4n) is 3.18. The van der Waals surface area contributed by atoms with E-state index in [1.54, 1.807) is 24.3 Å². The Kier molecular flexibility index (Phi) is 6.40. The molecule has 0 spiro atoms. The van der Waals surface area contributed by atoms with Crippen LogP contribution in [0.15, 0.2) is 58.1 Å². The Hall–Kier alpha value is -3.35. The van der Waals surface area contributed by atoms with Crippen molar-refractivity contribution in [2.75, 3.05) is 13.2 Å². The molecule has 0 aliphatic rings. The van der Waals surface area contributed by atoms with Crippen molar-refractivity contribution in [2.45, 2.75) is 39.2 Å². The highest BCUT2D eigenvalue weighted by Crippen LogP contribution is 2.24. The van der Waals surface area contributed by atoms with Gasteiger partial charge in [-0.3, -0.25) is 19.1 Å². The van der Waals surface area contributed by atoms with E-state index < -0.39 is 11.2 Å². The zero-order valence-electron chi connectivity index (χ0n) is 17.5. The molecule has 0 bridgehead atoms. The Labute approximate surface area is 174 Å². The third-order valence-electron chi connectivity index (χ3n) is 4.88. The Balaban J connectivity index is 1.49. The second-order valence-electron chi connectivity index (χ2n) is 8.15. The molecule has 7 nitrogen and oxygen atoms in total. The second-order valence-corrected chi connectivity index (χ2v) is 8.15. The first kappa shape index (κ1) is 21.4. The van der Waals surface area contributed by atoms with Crippen LogP contribution in [0.1, 0.15) is 32.8 Å². The van der Waals surface area contributed by atoms with Crippen LogP contribution in [-0.4, -0.2) is 28.6 Å². The number of carbonyl (C=O) groups is 1. The van der Waals surface area contributed by atoms with E-state index in [0.29, 0.717) is 24.1 Å². The summed E-state index contributed by atoms with van der Waals surface area (Å²) in [5.74, 6) is 0.562. The molecule has 1 aromatic heterocycles. The summed E-state index contributed by atoms with van der Waals surface area (Å²) in [6.45, 7) is 7.35. The lowest BCUT2D eigenvalue weighted by atomic mass is 9.87. The van der Waals surface area contributed by atoms with Gasteiger partial charge in [0.05, 0.1) is 17.4 Å². The minimum absolute atomic E-state index is 0.0889. The van der Waals surface area contributed by atoms with Crippen molar-refractivity contribution in [2.24, 2.45) is 0 Å². The molecular formula is C23H27N3O4. The van der Waals surface area contributed by atoms with E-state index in [2.05, 4.69) is 31.1 Å². The number of aromatic nitrogens is 2. The molecule has 1 heterocycles. The molecule has 0 aliphatic heterocycles. The van der Waals surface area contributed by atoms with Gasteiger partial charge >= 0.3 is 5.69 Å². The predicted molar refractivity (Wildman–Crippen MR) is 117 cm³/mol. The number of amides is 1. The third kappa shape index (κ3) is 5.17. The molecule has 158 valence electrons. The Morgan fingerprint density at radius 1 is 1.07 bits per heavy atom. The fraction of sp³-hybridized carbons (Fsp3) is 0.348. The van der Waals surface area contributed by atoms with Crippen LogP contribution in [0.25, 0.3) is 10.9 Å². The summed E-state index contributed by atoms with van der Waals surface area (Å²) in [7, 11) is 0. The van der Waals surface area contributed by atoms with Gasteiger partial charge in [-0.2, -0.15) is 0 Å². The Morgan fingerprint density at radius 2 is 1.77 bits per heavy atom. The predicted octanol–water partition coefficient (Wildman–Crippen LogP) is 2.57. The molecule has 1 amide bonds. The molecule has 30 heavy (non-hydrogen) atoms. The van der Waals surface area contributed by atoms with Gasteiger partial charge in [0.25, 0.3) is 5.56 Å². The van der Waals surface area contributed by atoms with Crippen molar-refractivity contribution in [3.8, 4) is 5.75 Å². The van der Waals surface area contributed by atoms with Crippen molar-refractivity contribution in [3.63, 3.8) is 0 Å². The van der Waals surface area contributed by atoms with E-state index in [0.717, 1.165) is 5.75 Å². The maximum atomic E-state index is 12.1. The number of nitrogens with zero attached hydrogens (tertiary/aromatic N) is 1. The van der Waals surface area contributed by atoms with Gasteiger partial charge in [-0.25, -0.2) is 4.79 Å². The number of aryl methyl sites for hydroxylation is 1. The van der Waals surface area contributed by atoms with Crippen LogP contribution in [0.2, 0.25) is 0 Å². The monoisotopic (exact) mass is 409 g/mol. The molecule has 2 N–H and O–H groups in total. The number of nitrogens with one attached hydrogen (secondary N) is 2. The van der Waals surface area contributed by atoms with Crippen LogP contribution in [0.3, 0.4) is 0 Å². The smallest absolute Gasteiger partial charge is 0.328 e. The van der Waals surface area contributed by atoms with Gasteiger partial charge < -0.3 is 10.1 Å². The van der Waals surface area contributed by atoms with E-state index >= 15 is 0 Å². The zero-order valence-corrected chi connectivity index (χ0v) is 17.5. The molecular weight excluding hydrogens is 382 g/mol. The maximum absolute atomic E-state index is 12.1. The number of hydrogen-bond donors (Lipinski definition) is 2. The molecule has 0 saturated heterocycles. The molecule has 0 atom stereocenters. The van der Waals surface area contributed by atoms with E-state index in [9.17, 15) is 14.4 Å². The van der Waals surface area contributed by atoms with E-state index in [-0.39, 0.29) is 24.3 Å². The van der Waals surface area contributed by atoms with Gasteiger partial charge in [0.1, 0.15) is 12.4 Å². The van der Waals surface area contributed by atoms with Gasteiger partial charge in [-0.1, -0.05) is 45.0 Å². The largest absolute Gasteiger partial charge is 0.492 e. The summed E-state index contributed by atoms with van der Waals surface area (Å²) >= 11 is 0. The number of rotatable bonds is 7. The number of para-hydroxylation sites is 1. The molecule has 0 radical (unpaired) electrons. The number of H-pyrrole nitrogens is 1. The number of benzene rings is 2. The summed E-state index contributed by atoms with van der Waals surface area (Å²) < 4.78 is 7.07.